The quantitative estimate of drug-likeness (QED) is 0.604. The SMILES string of the molecule is O=C(c1ccccc1)N(c1ccccc1)C1CCN(Cc2ccccc2F)CC1. The van der Waals surface area contributed by atoms with E-state index in [4.69, 9.17) is 0 Å². The number of benzene rings is 3. The number of carbonyl (C=O) groups excluding carboxylic acids is 1. The molecule has 4 rings (SSSR count). The van der Waals surface area contributed by atoms with Crippen LogP contribution >= 0.6 is 0 Å². The summed E-state index contributed by atoms with van der Waals surface area (Å²) < 4.78 is 14.0. The number of anilines is 1. The molecule has 4 heteroatoms. The number of para-hydroxylation sites is 1. The molecule has 0 radical (unpaired) electrons. The van der Waals surface area contributed by atoms with Crippen molar-refractivity contribution in [3.8, 4) is 0 Å². The summed E-state index contributed by atoms with van der Waals surface area (Å²) in [5, 5.41) is 0. The van der Waals surface area contributed by atoms with Crippen molar-refractivity contribution >= 4 is 11.6 Å². The predicted molar refractivity (Wildman–Crippen MR) is 114 cm³/mol. The number of likely N-dealkylation sites (tertiary alicyclic amines) is 1. The van der Waals surface area contributed by atoms with Crippen molar-refractivity contribution in [3.63, 3.8) is 0 Å². The molecular formula is C25H25FN2O. The molecule has 1 heterocycles. The van der Waals surface area contributed by atoms with Gasteiger partial charge in [-0.3, -0.25) is 9.69 Å². The molecule has 0 N–H and O–H groups in total. The summed E-state index contributed by atoms with van der Waals surface area (Å²) in [4.78, 5) is 17.5. The van der Waals surface area contributed by atoms with Crippen molar-refractivity contribution in [3.05, 3.63) is 102 Å². The number of rotatable bonds is 5. The summed E-state index contributed by atoms with van der Waals surface area (Å²) in [6.07, 6.45) is 1.73. The van der Waals surface area contributed by atoms with Crippen molar-refractivity contribution in [2.24, 2.45) is 0 Å². The molecule has 0 saturated carbocycles. The molecular weight excluding hydrogens is 363 g/mol. The molecule has 3 nitrogen and oxygen atoms in total. The predicted octanol–water partition coefficient (Wildman–Crippen LogP) is 5.14. The van der Waals surface area contributed by atoms with Gasteiger partial charge in [-0.1, -0.05) is 54.6 Å². The fourth-order valence-electron chi connectivity index (χ4n) is 4.01. The Bertz CT molecular complexity index is 937. The lowest BCUT2D eigenvalue weighted by atomic mass is 10.00. The second-order valence-corrected chi connectivity index (χ2v) is 7.48. The lowest BCUT2D eigenvalue weighted by Gasteiger charge is -2.38. The Balaban J connectivity index is 1.50. The number of piperidine rings is 1. The number of carbonyl (C=O) groups is 1. The van der Waals surface area contributed by atoms with E-state index in [1.807, 2.05) is 77.7 Å². The van der Waals surface area contributed by atoms with Gasteiger partial charge in [-0.05, 0) is 43.2 Å². The minimum atomic E-state index is -0.153. The molecule has 0 aliphatic carbocycles. The van der Waals surface area contributed by atoms with E-state index in [1.165, 1.54) is 6.07 Å². The van der Waals surface area contributed by atoms with Crippen LogP contribution in [0.4, 0.5) is 10.1 Å². The average molecular weight is 388 g/mol. The normalized spacial score (nSPS) is 15.2. The number of amides is 1. The van der Waals surface area contributed by atoms with Gasteiger partial charge in [-0.25, -0.2) is 4.39 Å². The van der Waals surface area contributed by atoms with E-state index in [-0.39, 0.29) is 17.8 Å². The molecule has 1 aliphatic heterocycles. The van der Waals surface area contributed by atoms with Crippen molar-refractivity contribution < 1.29 is 9.18 Å². The first kappa shape index (κ1) is 19.3. The summed E-state index contributed by atoms with van der Waals surface area (Å²) in [6.45, 7) is 2.28. The first-order chi connectivity index (χ1) is 14.2. The van der Waals surface area contributed by atoms with Crippen LogP contribution in [0.2, 0.25) is 0 Å². The number of hydrogen-bond donors (Lipinski definition) is 0. The molecule has 29 heavy (non-hydrogen) atoms. The second kappa shape index (κ2) is 9.01. The Kier molecular flexibility index (Phi) is 6.01. The zero-order valence-electron chi connectivity index (χ0n) is 16.4. The Morgan fingerprint density at radius 3 is 2.10 bits per heavy atom. The maximum Gasteiger partial charge on any atom is 0.258 e. The molecule has 1 fully saturated rings. The third kappa shape index (κ3) is 4.54. The van der Waals surface area contributed by atoms with Crippen LogP contribution in [0.5, 0.6) is 0 Å². The van der Waals surface area contributed by atoms with Gasteiger partial charge in [0, 0.05) is 42.5 Å². The number of hydrogen-bond acceptors (Lipinski definition) is 2. The molecule has 0 spiro atoms. The Hall–Kier alpha value is -2.98. The topological polar surface area (TPSA) is 23.6 Å². The maximum atomic E-state index is 14.0. The third-order valence-electron chi connectivity index (χ3n) is 5.55. The van der Waals surface area contributed by atoms with E-state index in [0.29, 0.717) is 12.1 Å². The summed E-state index contributed by atoms with van der Waals surface area (Å²) in [6, 6.07) is 26.4. The highest BCUT2D eigenvalue weighted by Crippen LogP contribution is 2.26. The van der Waals surface area contributed by atoms with Crippen LogP contribution < -0.4 is 4.90 Å². The molecule has 148 valence electrons. The summed E-state index contributed by atoms with van der Waals surface area (Å²) in [5.74, 6) is -0.121. The first-order valence-corrected chi connectivity index (χ1v) is 10.1. The molecule has 0 atom stereocenters. The fourth-order valence-corrected chi connectivity index (χ4v) is 4.01. The minimum absolute atomic E-state index is 0.0318. The largest absolute Gasteiger partial charge is 0.305 e. The van der Waals surface area contributed by atoms with Crippen LogP contribution in [0.25, 0.3) is 0 Å². The van der Waals surface area contributed by atoms with Gasteiger partial charge in [0.25, 0.3) is 5.91 Å². The summed E-state index contributed by atoms with van der Waals surface area (Å²) >= 11 is 0. The zero-order chi connectivity index (χ0) is 20.1. The summed E-state index contributed by atoms with van der Waals surface area (Å²) in [7, 11) is 0. The van der Waals surface area contributed by atoms with Gasteiger partial charge in [0.05, 0.1) is 0 Å². The molecule has 1 amide bonds. The lowest BCUT2D eigenvalue weighted by molar-refractivity contribution is 0.0958. The zero-order valence-corrected chi connectivity index (χ0v) is 16.4. The molecule has 0 aromatic heterocycles. The standard InChI is InChI=1S/C25H25FN2O/c26-24-14-8-7-11-21(24)19-27-17-15-23(16-18-27)28(22-12-5-2-6-13-22)25(29)20-9-3-1-4-10-20/h1-14,23H,15-19H2. The second-order valence-electron chi connectivity index (χ2n) is 7.48. The van der Waals surface area contributed by atoms with Gasteiger partial charge in [-0.2, -0.15) is 0 Å². The smallest absolute Gasteiger partial charge is 0.258 e. The van der Waals surface area contributed by atoms with Crippen LogP contribution in [0.1, 0.15) is 28.8 Å². The van der Waals surface area contributed by atoms with Crippen molar-refractivity contribution in [1.82, 2.24) is 4.90 Å². The third-order valence-corrected chi connectivity index (χ3v) is 5.55. The number of nitrogens with zero attached hydrogens (tertiary/aromatic N) is 2. The van der Waals surface area contributed by atoms with Gasteiger partial charge < -0.3 is 4.90 Å². The highest BCUT2D eigenvalue weighted by molar-refractivity contribution is 6.06. The highest BCUT2D eigenvalue weighted by Gasteiger charge is 2.30. The van der Waals surface area contributed by atoms with Crippen LogP contribution in [0, 0.1) is 5.82 Å². The Morgan fingerprint density at radius 1 is 0.862 bits per heavy atom. The van der Waals surface area contributed by atoms with Crippen LogP contribution in [-0.4, -0.2) is 29.9 Å². The van der Waals surface area contributed by atoms with Gasteiger partial charge in [-0.15, -0.1) is 0 Å². The van der Waals surface area contributed by atoms with Gasteiger partial charge >= 0.3 is 0 Å². The first-order valence-electron chi connectivity index (χ1n) is 10.1. The molecule has 0 bridgehead atoms. The van der Waals surface area contributed by atoms with Crippen LogP contribution in [0.15, 0.2) is 84.9 Å². The molecule has 1 saturated heterocycles. The maximum absolute atomic E-state index is 14.0. The Labute approximate surface area is 171 Å². The molecule has 3 aromatic rings. The van der Waals surface area contributed by atoms with E-state index in [1.54, 1.807) is 6.07 Å². The van der Waals surface area contributed by atoms with Crippen molar-refractivity contribution in [1.29, 1.82) is 0 Å². The van der Waals surface area contributed by atoms with Crippen LogP contribution in [-0.2, 0) is 6.54 Å². The number of halogens is 1. The van der Waals surface area contributed by atoms with E-state index < -0.39 is 0 Å². The fraction of sp³-hybridized carbons (Fsp3) is 0.240. The monoisotopic (exact) mass is 388 g/mol. The van der Waals surface area contributed by atoms with Crippen LogP contribution in [0.3, 0.4) is 0 Å². The summed E-state index contributed by atoms with van der Waals surface area (Å²) in [5.41, 5.74) is 2.35. The van der Waals surface area contributed by atoms with Crippen molar-refractivity contribution in [2.75, 3.05) is 18.0 Å². The average Bonchev–Trinajstić information content (AvgIpc) is 2.78. The highest BCUT2D eigenvalue weighted by atomic mass is 19.1. The van der Waals surface area contributed by atoms with Crippen molar-refractivity contribution in [2.45, 2.75) is 25.4 Å². The van der Waals surface area contributed by atoms with Gasteiger partial charge in [0.1, 0.15) is 5.82 Å². The minimum Gasteiger partial charge on any atom is -0.305 e. The van der Waals surface area contributed by atoms with E-state index in [0.717, 1.165) is 37.2 Å². The van der Waals surface area contributed by atoms with E-state index >= 15 is 0 Å². The molecule has 0 unspecified atom stereocenters. The molecule has 3 aromatic carbocycles. The molecule has 1 aliphatic rings. The van der Waals surface area contributed by atoms with E-state index in [2.05, 4.69) is 4.90 Å². The van der Waals surface area contributed by atoms with Gasteiger partial charge in [0.15, 0.2) is 0 Å². The Morgan fingerprint density at radius 2 is 1.45 bits per heavy atom. The lowest BCUT2D eigenvalue weighted by Crippen LogP contribution is -2.47. The van der Waals surface area contributed by atoms with E-state index in [9.17, 15) is 9.18 Å². The van der Waals surface area contributed by atoms with Gasteiger partial charge in [0.2, 0.25) is 0 Å².